The summed E-state index contributed by atoms with van der Waals surface area (Å²) in [5.41, 5.74) is 1.39. The predicted molar refractivity (Wildman–Crippen MR) is 127 cm³/mol. The van der Waals surface area contributed by atoms with Gasteiger partial charge in [-0.3, -0.25) is 9.59 Å². The topological polar surface area (TPSA) is 107 Å². The Morgan fingerprint density at radius 3 is 1.91 bits per heavy atom. The Morgan fingerprint density at radius 1 is 0.743 bits per heavy atom. The van der Waals surface area contributed by atoms with Gasteiger partial charge in [0, 0.05) is 29.8 Å². The molecule has 1 aliphatic heterocycles. The van der Waals surface area contributed by atoms with E-state index >= 15 is 0 Å². The van der Waals surface area contributed by atoms with Gasteiger partial charge in [-0.25, -0.2) is 13.2 Å². The summed E-state index contributed by atoms with van der Waals surface area (Å²) in [7, 11) is -3.66. The first-order valence-electron chi connectivity index (χ1n) is 10.9. The SMILES string of the molecule is O=C(COC(=O)c1ccc(C(=O)c2ccccc2)cc1)c1ccc(S(=O)(=O)N2CCOCC2)cc1. The molecule has 0 bridgehead atoms. The number of benzene rings is 3. The Morgan fingerprint density at radius 2 is 1.29 bits per heavy atom. The summed E-state index contributed by atoms with van der Waals surface area (Å²) in [4.78, 5) is 37.3. The van der Waals surface area contributed by atoms with Gasteiger partial charge in [0.25, 0.3) is 0 Å². The molecule has 180 valence electrons. The minimum Gasteiger partial charge on any atom is -0.454 e. The highest BCUT2D eigenvalue weighted by Gasteiger charge is 2.26. The Kier molecular flexibility index (Phi) is 7.50. The normalized spacial score (nSPS) is 14.3. The number of carbonyl (C=O) groups is 3. The van der Waals surface area contributed by atoms with E-state index in [0.29, 0.717) is 24.3 Å². The molecule has 0 atom stereocenters. The van der Waals surface area contributed by atoms with Gasteiger partial charge in [0.1, 0.15) is 0 Å². The van der Waals surface area contributed by atoms with Crippen LogP contribution in [0.1, 0.15) is 36.6 Å². The van der Waals surface area contributed by atoms with E-state index in [4.69, 9.17) is 9.47 Å². The Labute approximate surface area is 203 Å². The molecule has 0 aromatic heterocycles. The van der Waals surface area contributed by atoms with Crippen molar-refractivity contribution in [2.45, 2.75) is 4.90 Å². The lowest BCUT2D eigenvalue weighted by molar-refractivity contribution is 0.0474. The highest BCUT2D eigenvalue weighted by atomic mass is 32.2. The number of nitrogens with zero attached hydrogens (tertiary/aromatic N) is 1. The summed E-state index contributed by atoms with van der Waals surface area (Å²) in [5.74, 6) is -1.34. The molecule has 8 nitrogen and oxygen atoms in total. The van der Waals surface area contributed by atoms with Crippen molar-refractivity contribution in [1.29, 1.82) is 0 Å². The maximum atomic E-state index is 12.7. The van der Waals surface area contributed by atoms with Crippen molar-refractivity contribution in [1.82, 2.24) is 4.31 Å². The Bertz CT molecular complexity index is 1310. The minimum atomic E-state index is -3.66. The zero-order chi connectivity index (χ0) is 24.8. The van der Waals surface area contributed by atoms with Crippen LogP contribution in [0.3, 0.4) is 0 Å². The monoisotopic (exact) mass is 493 g/mol. The number of ether oxygens (including phenoxy) is 2. The Balaban J connectivity index is 1.34. The molecule has 0 unspecified atom stereocenters. The number of rotatable bonds is 8. The minimum absolute atomic E-state index is 0.0816. The zero-order valence-electron chi connectivity index (χ0n) is 18.8. The second-order valence-electron chi connectivity index (χ2n) is 7.81. The summed E-state index contributed by atoms with van der Waals surface area (Å²) in [6, 6.07) is 20.3. The second kappa shape index (κ2) is 10.7. The molecule has 9 heteroatoms. The van der Waals surface area contributed by atoms with Crippen molar-refractivity contribution in [3.63, 3.8) is 0 Å². The second-order valence-corrected chi connectivity index (χ2v) is 9.75. The molecular weight excluding hydrogens is 470 g/mol. The molecule has 1 saturated heterocycles. The molecule has 35 heavy (non-hydrogen) atoms. The first-order chi connectivity index (χ1) is 16.9. The van der Waals surface area contributed by atoms with E-state index in [-0.39, 0.29) is 34.9 Å². The first-order valence-corrected chi connectivity index (χ1v) is 12.4. The quantitative estimate of drug-likeness (QED) is 0.351. The molecule has 0 radical (unpaired) electrons. The molecule has 1 heterocycles. The van der Waals surface area contributed by atoms with E-state index in [1.807, 2.05) is 6.07 Å². The van der Waals surface area contributed by atoms with Crippen LogP contribution in [0.2, 0.25) is 0 Å². The molecule has 1 fully saturated rings. The number of Topliss-reactive ketones (excluding diaryl/α,β-unsaturated/α-hetero) is 1. The van der Waals surface area contributed by atoms with Crippen LogP contribution < -0.4 is 0 Å². The number of sulfonamides is 1. The average molecular weight is 494 g/mol. The summed E-state index contributed by atoms with van der Waals surface area (Å²) in [6.45, 7) is 0.736. The molecule has 0 N–H and O–H groups in total. The van der Waals surface area contributed by atoms with Crippen LogP contribution in [-0.2, 0) is 19.5 Å². The van der Waals surface area contributed by atoms with E-state index in [1.54, 1.807) is 24.3 Å². The fourth-order valence-corrected chi connectivity index (χ4v) is 4.97. The first kappa shape index (κ1) is 24.5. The molecule has 4 rings (SSSR count). The van der Waals surface area contributed by atoms with Crippen molar-refractivity contribution >= 4 is 27.6 Å². The van der Waals surface area contributed by atoms with Crippen LogP contribution in [-0.4, -0.2) is 63.2 Å². The predicted octanol–water partition coefficient (Wildman–Crippen LogP) is 2.98. The van der Waals surface area contributed by atoms with E-state index in [2.05, 4.69) is 0 Å². The van der Waals surface area contributed by atoms with E-state index in [1.165, 1.54) is 52.8 Å². The molecule has 3 aromatic rings. The van der Waals surface area contributed by atoms with E-state index < -0.39 is 28.4 Å². The number of carbonyl (C=O) groups excluding carboxylic acids is 3. The Hall–Kier alpha value is -3.66. The van der Waals surface area contributed by atoms with Gasteiger partial charge in [-0.05, 0) is 36.4 Å². The largest absolute Gasteiger partial charge is 0.454 e. The number of esters is 1. The lowest BCUT2D eigenvalue weighted by Crippen LogP contribution is -2.40. The van der Waals surface area contributed by atoms with Crippen LogP contribution in [0.5, 0.6) is 0 Å². The van der Waals surface area contributed by atoms with Crippen molar-refractivity contribution in [3.05, 3.63) is 101 Å². The summed E-state index contributed by atoms with van der Waals surface area (Å²) in [5, 5.41) is 0. The van der Waals surface area contributed by atoms with Crippen molar-refractivity contribution in [2.24, 2.45) is 0 Å². The van der Waals surface area contributed by atoms with Gasteiger partial charge in [0.15, 0.2) is 18.2 Å². The molecule has 0 amide bonds. The summed E-state index contributed by atoms with van der Waals surface area (Å²) >= 11 is 0. The maximum absolute atomic E-state index is 12.7. The van der Waals surface area contributed by atoms with Crippen LogP contribution in [0.25, 0.3) is 0 Å². The fourth-order valence-electron chi connectivity index (χ4n) is 3.56. The van der Waals surface area contributed by atoms with Gasteiger partial charge in [0.05, 0.1) is 23.7 Å². The maximum Gasteiger partial charge on any atom is 0.338 e. The van der Waals surface area contributed by atoms with Gasteiger partial charge >= 0.3 is 5.97 Å². The summed E-state index contributed by atoms with van der Waals surface area (Å²) in [6.07, 6.45) is 0. The van der Waals surface area contributed by atoms with Gasteiger partial charge in [-0.2, -0.15) is 4.31 Å². The molecule has 0 aliphatic carbocycles. The smallest absolute Gasteiger partial charge is 0.338 e. The van der Waals surface area contributed by atoms with E-state index in [0.717, 1.165) is 0 Å². The lowest BCUT2D eigenvalue weighted by Gasteiger charge is -2.26. The molecular formula is C26H23NO7S. The van der Waals surface area contributed by atoms with Gasteiger partial charge in [0.2, 0.25) is 10.0 Å². The number of hydrogen-bond acceptors (Lipinski definition) is 7. The van der Waals surface area contributed by atoms with Crippen molar-refractivity contribution in [3.8, 4) is 0 Å². The van der Waals surface area contributed by atoms with Crippen molar-refractivity contribution < 1.29 is 32.3 Å². The van der Waals surface area contributed by atoms with E-state index in [9.17, 15) is 22.8 Å². The summed E-state index contributed by atoms with van der Waals surface area (Å²) < 4.78 is 37.0. The zero-order valence-corrected chi connectivity index (χ0v) is 19.6. The van der Waals surface area contributed by atoms with Crippen LogP contribution >= 0.6 is 0 Å². The van der Waals surface area contributed by atoms with Crippen LogP contribution in [0.15, 0.2) is 83.8 Å². The highest BCUT2D eigenvalue weighted by molar-refractivity contribution is 7.89. The highest BCUT2D eigenvalue weighted by Crippen LogP contribution is 2.18. The molecule has 3 aromatic carbocycles. The lowest BCUT2D eigenvalue weighted by atomic mass is 10.0. The molecule has 1 aliphatic rings. The fraction of sp³-hybridized carbons (Fsp3) is 0.192. The third-order valence-electron chi connectivity index (χ3n) is 5.54. The van der Waals surface area contributed by atoms with Gasteiger partial charge < -0.3 is 9.47 Å². The van der Waals surface area contributed by atoms with Gasteiger partial charge in [-0.15, -0.1) is 0 Å². The third kappa shape index (κ3) is 5.71. The average Bonchev–Trinajstić information content (AvgIpc) is 2.92. The van der Waals surface area contributed by atoms with Gasteiger partial charge in [-0.1, -0.05) is 42.5 Å². The molecule has 0 spiro atoms. The number of hydrogen-bond donors (Lipinski definition) is 0. The number of ketones is 2. The molecule has 0 saturated carbocycles. The van der Waals surface area contributed by atoms with Crippen LogP contribution in [0, 0.1) is 0 Å². The third-order valence-corrected chi connectivity index (χ3v) is 7.45. The number of morpholine rings is 1. The van der Waals surface area contributed by atoms with Crippen LogP contribution in [0.4, 0.5) is 0 Å². The van der Waals surface area contributed by atoms with Crippen molar-refractivity contribution in [2.75, 3.05) is 32.9 Å². The standard InChI is InChI=1S/C26H23NO7S/c28-24(19-10-12-23(13-11-19)35(31,32)27-14-16-33-17-15-27)18-34-26(30)22-8-6-21(7-9-22)25(29)20-4-2-1-3-5-20/h1-13H,14-18H2.